The molecule has 0 aliphatic heterocycles. The molecule has 0 saturated heterocycles. The van der Waals surface area contributed by atoms with Crippen molar-refractivity contribution in [2.24, 2.45) is 5.92 Å². The highest BCUT2D eigenvalue weighted by Crippen LogP contribution is 2.18. The van der Waals surface area contributed by atoms with Gasteiger partial charge in [0.15, 0.2) is 6.19 Å². The van der Waals surface area contributed by atoms with Crippen LogP contribution in [-0.2, 0) is 16.0 Å². The third-order valence-electron chi connectivity index (χ3n) is 5.22. The first-order valence-electron chi connectivity index (χ1n) is 10.5. The fourth-order valence-corrected chi connectivity index (χ4v) is 3.66. The molecule has 0 saturated carbocycles. The Kier molecular flexibility index (Phi) is 8.67. The van der Waals surface area contributed by atoms with Crippen LogP contribution in [0.25, 0.3) is 10.8 Å². The molecule has 0 aliphatic rings. The minimum Gasteiger partial charge on any atom is -0.344 e. The van der Waals surface area contributed by atoms with Crippen LogP contribution < -0.4 is 5.32 Å². The van der Waals surface area contributed by atoms with Gasteiger partial charge in [0.05, 0.1) is 0 Å². The Morgan fingerprint density at radius 2 is 1.69 bits per heavy atom. The molecule has 1 unspecified atom stereocenters. The Labute approximate surface area is 173 Å². The van der Waals surface area contributed by atoms with E-state index in [2.05, 4.69) is 19.2 Å². The maximum absolute atomic E-state index is 12.9. The Balaban J connectivity index is 2.27. The molecule has 154 valence electrons. The van der Waals surface area contributed by atoms with Crippen LogP contribution in [0, 0.1) is 17.4 Å². The lowest BCUT2D eigenvalue weighted by molar-refractivity contribution is -0.135. The van der Waals surface area contributed by atoms with Gasteiger partial charge < -0.3 is 5.32 Å². The lowest BCUT2D eigenvalue weighted by Gasteiger charge is -2.24. The van der Waals surface area contributed by atoms with Crippen molar-refractivity contribution >= 4 is 22.6 Å². The van der Waals surface area contributed by atoms with E-state index in [0.29, 0.717) is 6.42 Å². The van der Waals surface area contributed by atoms with Crippen molar-refractivity contribution in [3.8, 4) is 6.19 Å². The molecule has 2 aromatic rings. The average molecular weight is 394 g/mol. The van der Waals surface area contributed by atoms with Gasteiger partial charge in [0.1, 0.15) is 6.04 Å². The van der Waals surface area contributed by atoms with E-state index in [9.17, 15) is 14.9 Å². The molecule has 0 aliphatic carbocycles. The highest BCUT2D eigenvalue weighted by Gasteiger charge is 2.28. The lowest BCUT2D eigenvalue weighted by atomic mass is 9.95. The van der Waals surface area contributed by atoms with E-state index in [1.165, 1.54) is 0 Å². The summed E-state index contributed by atoms with van der Waals surface area (Å²) in [4.78, 5) is 26.9. The van der Waals surface area contributed by atoms with Crippen molar-refractivity contribution in [2.75, 3.05) is 6.54 Å². The predicted octanol–water partition coefficient (Wildman–Crippen LogP) is 4.41. The summed E-state index contributed by atoms with van der Waals surface area (Å²) >= 11 is 0. The summed E-state index contributed by atoms with van der Waals surface area (Å²) in [6, 6.07) is 13.3. The van der Waals surface area contributed by atoms with Crippen molar-refractivity contribution in [3.63, 3.8) is 0 Å². The van der Waals surface area contributed by atoms with Crippen LogP contribution >= 0.6 is 0 Å². The number of nitrogens with one attached hydrogen (secondary N) is 1. The molecular formula is C24H31N3O2. The van der Waals surface area contributed by atoms with Gasteiger partial charge in [0, 0.05) is 18.9 Å². The monoisotopic (exact) mass is 393 g/mol. The molecule has 0 aromatic heterocycles. The van der Waals surface area contributed by atoms with E-state index < -0.39 is 6.04 Å². The summed E-state index contributed by atoms with van der Waals surface area (Å²) < 4.78 is 0. The second-order valence-electron chi connectivity index (χ2n) is 7.40. The quantitative estimate of drug-likeness (QED) is 0.480. The Morgan fingerprint density at radius 1 is 1.03 bits per heavy atom. The first kappa shape index (κ1) is 22.4. The summed E-state index contributed by atoms with van der Waals surface area (Å²) in [5.41, 5.74) is 0.957. The number of carbonyl (C=O) groups is 2. The van der Waals surface area contributed by atoms with Gasteiger partial charge in [0.2, 0.25) is 5.91 Å². The summed E-state index contributed by atoms with van der Waals surface area (Å²) in [5.74, 6) is -0.556. The third kappa shape index (κ3) is 6.05. The maximum Gasteiger partial charge on any atom is 0.258 e. The number of nitriles is 1. The second kappa shape index (κ2) is 11.2. The van der Waals surface area contributed by atoms with Gasteiger partial charge in [0.25, 0.3) is 5.91 Å². The summed E-state index contributed by atoms with van der Waals surface area (Å²) in [7, 11) is 0. The molecular weight excluding hydrogens is 362 g/mol. The molecule has 0 spiro atoms. The number of hydrogen-bond donors (Lipinski definition) is 1. The number of benzene rings is 2. The molecule has 1 atom stereocenters. The summed E-state index contributed by atoms with van der Waals surface area (Å²) in [6.45, 7) is 6.16. The Bertz CT molecular complexity index is 866. The zero-order valence-corrected chi connectivity index (χ0v) is 17.6. The molecule has 2 rings (SSSR count). The molecule has 29 heavy (non-hydrogen) atoms. The van der Waals surface area contributed by atoms with E-state index in [1.54, 1.807) is 6.92 Å². The SMILES string of the molecule is CCCC(CCC)C(=O)NC(Cc1ccc2ccccc2c1)C(=O)N(C#N)CC. The third-order valence-corrected chi connectivity index (χ3v) is 5.22. The zero-order chi connectivity index (χ0) is 21.2. The normalized spacial score (nSPS) is 11.8. The number of amides is 2. The molecule has 2 amide bonds. The minimum atomic E-state index is -0.750. The second-order valence-corrected chi connectivity index (χ2v) is 7.40. The van der Waals surface area contributed by atoms with E-state index in [4.69, 9.17) is 0 Å². The highest BCUT2D eigenvalue weighted by molar-refractivity contribution is 5.90. The largest absolute Gasteiger partial charge is 0.344 e. The van der Waals surface area contributed by atoms with Crippen molar-refractivity contribution in [2.45, 2.75) is 58.9 Å². The fraction of sp³-hybridized carbons (Fsp3) is 0.458. The smallest absolute Gasteiger partial charge is 0.258 e. The lowest BCUT2D eigenvalue weighted by Crippen LogP contribution is -2.50. The molecule has 2 aromatic carbocycles. The Hall–Kier alpha value is -2.87. The predicted molar refractivity (Wildman–Crippen MR) is 116 cm³/mol. The van der Waals surface area contributed by atoms with E-state index in [0.717, 1.165) is 46.9 Å². The maximum atomic E-state index is 12.9. The number of rotatable bonds is 10. The van der Waals surface area contributed by atoms with E-state index >= 15 is 0 Å². The van der Waals surface area contributed by atoms with Gasteiger partial charge >= 0.3 is 0 Å². The number of fused-ring (bicyclic) bond motifs is 1. The van der Waals surface area contributed by atoms with Crippen molar-refractivity contribution in [1.82, 2.24) is 10.2 Å². The number of hydrogen-bond acceptors (Lipinski definition) is 3. The van der Waals surface area contributed by atoms with Crippen molar-refractivity contribution in [1.29, 1.82) is 5.26 Å². The van der Waals surface area contributed by atoms with Crippen LogP contribution in [0.2, 0.25) is 0 Å². The summed E-state index contributed by atoms with van der Waals surface area (Å²) in [6.07, 6.45) is 5.72. The molecule has 5 nitrogen and oxygen atoms in total. The molecule has 0 radical (unpaired) electrons. The first-order chi connectivity index (χ1) is 14.0. The van der Waals surface area contributed by atoms with Crippen LogP contribution in [0.5, 0.6) is 0 Å². The van der Waals surface area contributed by atoms with Crippen LogP contribution in [-0.4, -0.2) is 29.3 Å². The van der Waals surface area contributed by atoms with Gasteiger partial charge in [-0.2, -0.15) is 5.26 Å². The number of likely N-dealkylation sites (N-methyl/N-ethyl adjacent to an activating group) is 1. The standard InChI is InChI=1S/C24H31N3O2/c1-4-9-20(10-5-2)23(28)26-22(24(29)27(6-3)17-25)16-18-13-14-19-11-7-8-12-21(19)15-18/h7-8,11-15,20,22H,4-6,9-10,16H2,1-3H3,(H,26,28). The first-order valence-corrected chi connectivity index (χ1v) is 10.5. The Morgan fingerprint density at radius 3 is 2.28 bits per heavy atom. The molecule has 0 fully saturated rings. The average Bonchev–Trinajstić information content (AvgIpc) is 2.73. The number of nitrogens with zero attached hydrogens (tertiary/aromatic N) is 2. The zero-order valence-electron chi connectivity index (χ0n) is 17.6. The number of carbonyl (C=O) groups excluding carboxylic acids is 2. The van der Waals surface area contributed by atoms with Gasteiger partial charge in [-0.05, 0) is 36.1 Å². The topological polar surface area (TPSA) is 73.2 Å². The van der Waals surface area contributed by atoms with Crippen LogP contribution in [0.15, 0.2) is 42.5 Å². The summed E-state index contributed by atoms with van der Waals surface area (Å²) in [5, 5.41) is 14.5. The van der Waals surface area contributed by atoms with Crippen LogP contribution in [0.4, 0.5) is 0 Å². The van der Waals surface area contributed by atoms with Gasteiger partial charge in [-0.3, -0.25) is 9.59 Å². The van der Waals surface area contributed by atoms with Gasteiger partial charge in [-0.15, -0.1) is 0 Å². The van der Waals surface area contributed by atoms with Crippen LogP contribution in [0.3, 0.4) is 0 Å². The fourth-order valence-electron chi connectivity index (χ4n) is 3.66. The molecule has 1 N–H and O–H groups in total. The van der Waals surface area contributed by atoms with Crippen molar-refractivity contribution in [3.05, 3.63) is 48.0 Å². The minimum absolute atomic E-state index is 0.0955. The van der Waals surface area contributed by atoms with Gasteiger partial charge in [-0.1, -0.05) is 69.2 Å². The van der Waals surface area contributed by atoms with E-state index in [-0.39, 0.29) is 24.3 Å². The molecule has 0 heterocycles. The van der Waals surface area contributed by atoms with Crippen molar-refractivity contribution < 1.29 is 9.59 Å². The molecule has 0 bridgehead atoms. The van der Waals surface area contributed by atoms with E-state index in [1.807, 2.05) is 48.7 Å². The van der Waals surface area contributed by atoms with Crippen LogP contribution in [0.1, 0.15) is 52.0 Å². The molecule has 5 heteroatoms. The van der Waals surface area contributed by atoms with Gasteiger partial charge in [-0.25, -0.2) is 4.90 Å². The highest BCUT2D eigenvalue weighted by atomic mass is 16.2.